The number of carbonyl (C=O) groups is 1. The van der Waals surface area contributed by atoms with Crippen LogP contribution in [-0.4, -0.2) is 21.1 Å². The molecule has 0 saturated heterocycles. The number of aromatic amines is 1. The molecule has 4 rings (SSSR count). The van der Waals surface area contributed by atoms with E-state index in [4.69, 9.17) is 11.5 Å². The van der Waals surface area contributed by atoms with Crippen molar-refractivity contribution in [1.82, 2.24) is 15.2 Å². The number of fused-ring (bicyclic) bond motifs is 1. The van der Waals surface area contributed by atoms with Crippen LogP contribution in [0.5, 0.6) is 0 Å². The van der Waals surface area contributed by atoms with Gasteiger partial charge in [0.05, 0.1) is 23.1 Å². The van der Waals surface area contributed by atoms with Gasteiger partial charge in [-0.2, -0.15) is 5.10 Å². The van der Waals surface area contributed by atoms with Crippen molar-refractivity contribution in [1.29, 1.82) is 0 Å². The number of nitrogens with two attached hydrogens (primary N) is 2. The van der Waals surface area contributed by atoms with Crippen LogP contribution >= 0.6 is 0 Å². The normalized spacial score (nSPS) is 15.0. The van der Waals surface area contributed by atoms with Crippen LogP contribution in [0.2, 0.25) is 0 Å². The minimum Gasteiger partial charge on any atom is -0.396 e. The van der Waals surface area contributed by atoms with Crippen LogP contribution < -0.4 is 11.5 Å². The Bertz CT molecular complexity index is 1200. The van der Waals surface area contributed by atoms with Crippen molar-refractivity contribution >= 4 is 28.1 Å². The molecule has 6 nitrogen and oxygen atoms in total. The van der Waals surface area contributed by atoms with Crippen LogP contribution in [0.1, 0.15) is 54.9 Å². The van der Waals surface area contributed by atoms with Gasteiger partial charge in [0.1, 0.15) is 0 Å². The summed E-state index contributed by atoms with van der Waals surface area (Å²) in [5.41, 5.74) is 19.2. The number of nitrogens with one attached hydrogen (secondary N) is 1. The van der Waals surface area contributed by atoms with Gasteiger partial charge in [0.25, 0.3) is 5.91 Å². The Morgan fingerprint density at radius 2 is 2.07 bits per heavy atom. The molecule has 0 bridgehead atoms. The number of aryl methyl sites for hydroxylation is 1. The van der Waals surface area contributed by atoms with Crippen molar-refractivity contribution in [3.63, 3.8) is 0 Å². The number of aromatic nitrogens is 3. The quantitative estimate of drug-likeness (QED) is 0.517. The highest BCUT2D eigenvalue weighted by Gasteiger charge is 2.23. The molecule has 0 aliphatic heterocycles. The van der Waals surface area contributed by atoms with Gasteiger partial charge in [0.2, 0.25) is 0 Å². The minimum absolute atomic E-state index is 0.102. The van der Waals surface area contributed by atoms with E-state index in [-0.39, 0.29) is 5.69 Å². The maximum atomic E-state index is 12.2. The number of hydrogen-bond acceptors (Lipinski definition) is 4. The molecule has 1 saturated carbocycles. The van der Waals surface area contributed by atoms with Gasteiger partial charge in [0, 0.05) is 10.9 Å². The molecule has 0 atom stereocenters. The molecule has 30 heavy (non-hydrogen) atoms. The van der Waals surface area contributed by atoms with Crippen LogP contribution in [0.4, 0.5) is 5.69 Å². The summed E-state index contributed by atoms with van der Waals surface area (Å²) in [6, 6.07) is 5.96. The summed E-state index contributed by atoms with van der Waals surface area (Å²) < 4.78 is 0. The molecule has 3 aromatic rings. The fourth-order valence-corrected chi connectivity index (χ4v) is 3.89. The fraction of sp³-hybridized carbons (Fsp3) is 0.292. The highest BCUT2D eigenvalue weighted by molar-refractivity contribution is 6.05. The van der Waals surface area contributed by atoms with Crippen LogP contribution in [0.15, 0.2) is 42.1 Å². The molecule has 1 aliphatic carbocycles. The fourth-order valence-electron chi connectivity index (χ4n) is 3.89. The lowest BCUT2D eigenvalue weighted by Gasteiger charge is -2.15. The van der Waals surface area contributed by atoms with Gasteiger partial charge < -0.3 is 11.5 Å². The van der Waals surface area contributed by atoms with E-state index in [1.807, 2.05) is 25.1 Å². The maximum absolute atomic E-state index is 12.2. The van der Waals surface area contributed by atoms with E-state index in [9.17, 15) is 4.79 Å². The first-order valence-electron chi connectivity index (χ1n) is 10.3. The highest BCUT2D eigenvalue weighted by Crippen LogP contribution is 2.38. The predicted molar refractivity (Wildman–Crippen MR) is 122 cm³/mol. The van der Waals surface area contributed by atoms with Gasteiger partial charge in [-0.25, -0.2) is 4.98 Å². The van der Waals surface area contributed by atoms with Crippen LogP contribution in [0.3, 0.4) is 0 Å². The van der Waals surface area contributed by atoms with Crippen LogP contribution in [0.25, 0.3) is 27.6 Å². The molecule has 1 aromatic carbocycles. The van der Waals surface area contributed by atoms with Crippen molar-refractivity contribution in [3.05, 3.63) is 59.1 Å². The number of carbonyl (C=O) groups excluding carboxylic acids is 1. The number of anilines is 1. The van der Waals surface area contributed by atoms with E-state index < -0.39 is 5.91 Å². The molecule has 0 radical (unpaired) electrons. The third-order valence-corrected chi connectivity index (χ3v) is 5.87. The Labute approximate surface area is 176 Å². The molecule has 154 valence electrons. The summed E-state index contributed by atoms with van der Waals surface area (Å²) in [5.74, 6) is 0.0737. The first kappa shape index (κ1) is 19.9. The molecule has 2 aromatic heterocycles. The Morgan fingerprint density at radius 3 is 2.73 bits per heavy atom. The topological polar surface area (TPSA) is 111 Å². The largest absolute Gasteiger partial charge is 0.396 e. The summed E-state index contributed by atoms with van der Waals surface area (Å²) in [6.07, 6.45) is 9.35. The number of nitrogen functional groups attached to an aromatic ring is 1. The average Bonchev–Trinajstić information content (AvgIpc) is 3.47. The molecule has 0 spiro atoms. The molecule has 5 N–H and O–H groups in total. The summed E-state index contributed by atoms with van der Waals surface area (Å²) >= 11 is 0. The Morgan fingerprint density at radius 1 is 1.30 bits per heavy atom. The van der Waals surface area contributed by atoms with E-state index in [2.05, 4.69) is 41.2 Å². The lowest BCUT2D eigenvalue weighted by atomic mass is 9.93. The van der Waals surface area contributed by atoms with Crippen molar-refractivity contribution in [2.45, 2.75) is 40.0 Å². The molecule has 2 heterocycles. The van der Waals surface area contributed by atoms with Gasteiger partial charge in [-0.3, -0.25) is 9.89 Å². The zero-order chi connectivity index (χ0) is 21.4. The summed E-state index contributed by atoms with van der Waals surface area (Å²) in [6.45, 7) is 6.26. The van der Waals surface area contributed by atoms with E-state index in [0.29, 0.717) is 11.6 Å². The van der Waals surface area contributed by atoms with Gasteiger partial charge in [-0.05, 0) is 67.9 Å². The van der Waals surface area contributed by atoms with E-state index >= 15 is 0 Å². The molecule has 1 fully saturated rings. The molecular formula is C24H27N5O. The van der Waals surface area contributed by atoms with Crippen LogP contribution in [-0.2, 0) is 0 Å². The standard InChI is InChI=1S/C24H27N5O/c1-4-15(7-5-13(2)16-8-9-16)20-11-17(22(25)23(28-20)24(26)30)21-14(3)6-10-19-18(21)12-27-29-19/h5-7,10-12,16H,4,8-9,25H2,1-3H3,(H2,26,30)(H,27,29)/b13-5+,15-7+. The van der Waals surface area contributed by atoms with Crippen molar-refractivity contribution in [3.8, 4) is 11.1 Å². The molecule has 1 amide bonds. The van der Waals surface area contributed by atoms with Crippen LogP contribution in [0, 0.1) is 12.8 Å². The number of rotatable bonds is 6. The molecule has 1 aliphatic rings. The Hall–Kier alpha value is -3.41. The summed E-state index contributed by atoms with van der Waals surface area (Å²) in [4.78, 5) is 16.7. The first-order chi connectivity index (χ1) is 14.4. The Kier molecular flexibility index (Phi) is 5.16. The highest BCUT2D eigenvalue weighted by atomic mass is 16.1. The predicted octanol–water partition coefficient (Wildman–Crippen LogP) is 4.76. The second kappa shape index (κ2) is 7.78. The SMILES string of the molecule is CC/C(=C\C=C(/C)C1CC1)c1cc(-c2c(C)ccc3[nH]ncc23)c(N)c(C(N)=O)n1. The van der Waals surface area contributed by atoms with E-state index in [1.54, 1.807) is 6.20 Å². The number of hydrogen-bond donors (Lipinski definition) is 3. The van der Waals surface area contributed by atoms with Crippen molar-refractivity contribution < 1.29 is 4.79 Å². The second-order valence-corrected chi connectivity index (χ2v) is 8.00. The monoisotopic (exact) mass is 401 g/mol. The number of nitrogens with zero attached hydrogens (tertiary/aromatic N) is 2. The number of benzene rings is 1. The van der Waals surface area contributed by atoms with E-state index in [0.717, 1.165) is 45.3 Å². The lowest BCUT2D eigenvalue weighted by molar-refractivity contribution is 0.0996. The number of H-pyrrole nitrogens is 1. The number of primary amides is 1. The number of allylic oxidation sites excluding steroid dienone is 4. The zero-order valence-corrected chi connectivity index (χ0v) is 17.6. The van der Waals surface area contributed by atoms with Crippen molar-refractivity contribution in [2.75, 3.05) is 5.73 Å². The zero-order valence-electron chi connectivity index (χ0n) is 17.6. The summed E-state index contributed by atoms with van der Waals surface area (Å²) in [5, 5.41) is 8.11. The molecule has 0 unspecified atom stereocenters. The number of amides is 1. The smallest absolute Gasteiger partial charge is 0.269 e. The molecular weight excluding hydrogens is 374 g/mol. The third kappa shape index (κ3) is 3.61. The second-order valence-electron chi connectivity index (χ2n) is 8.00. The maximum Gasteiger partial charge on any atom is 0.269 e. The summed E-state index contributed by atoms with van der Waals surface area (Å²) in [7, 11) is 0. The van der Waals surface area contributed by atoms with E-state index in [1.165, 1.54) is 18.4 Å². The van der Waals surface area contributed by atoms with Gasteiger partial charge in [-0.1, -0.05) is 30.7 Å². The lowest BCUT2D eigenvalue weighted by Crippen LogP contribution is -2.17. The van der Waals surface area contributed by atoms with Gasteiger partial charge in [0.15, 0.2) is 5.69 Å². The number of pyridine rings is 1. The molecule has 6 heteroatoms. The first-order valence-corrected chi connectivity index (χ1v) is 10.3. The minimum atomic E-state index is -0.632. The van der Waals surface area contributed by atoms with Gasteiger partial charge in [-0.15, -0.1) is 0 Å². The van der Waals surface area contributed by atoms with Gasteiger partial charge >= 0.3 is 0 Å². The Balaban J connectivity index is 1.93. The third-order valence-electron chi connectivity index (χ3n) is 5.87. The average molecular weight is 402 g/mol. The van der Waals surface area contributed by atoms with Crippen molar-refractivity contribution in [2.24, 2.45) is 11.7 Å².